The summed E-state index contributed by atoms with van der Waals surface area (Å²) in [7, 11) is 0. The Labute approximate surface area is 118 Å². The Hall–Kier alpha value is 3.48. The van der Waals surface area contributed by atoms with Crippen LogP contribution in [-0.2, 0) is 44.8 Å². The molecule has 0 aromatic heterocycles. The Morgan fingerprint density at radius 1 is 0.667 bits per heavy atom. The number of hydrogen-bond donors (Lipinski definition) is 0. The van der Waals surface area contributed by atoms with Crippen molar-refractivity contribution in [1.29, 1.82) is 0 Å². The maximum absolute atomic E-state index is 0. The summed E-state index contributed by atoms with van der Waals surface area (Å²) in [5.74, 6) is 0. The monoisotopic (exact) mass is 263 g/mol. The van der Waals surface area contributed by atoms with Gasteiger partial charge < -0.3 is 16.3 Å². The summed E-state index contributed by atoms with van der Waals surface area (Å²) in [4.78, 5) is 0. The van der Waals surface area contributed by atoms with Gasteiger partial charge in [-0.05, 0) is 0 Å². The van der Waals surface area contributed by atoms with Gasteiger partial charge in [0.2, 0.25) is 0 Å². The molecule has 28 valence electrons. The van der Waals surface area contributed by atoms with Crippen LogP contribution in [0.3, 0.4) is 0 Å². The molecule has 0 aliphatic carbocycles. The first-order valence-electron chi connectivity index (χ1n) is 0. The van der Waals surface area contributed by atoms with E-state index in [9.17, 15) is 0 Å². The van der Waals surface area contributed by atoms with Crippen molar-refractivity contribution in [3.05, 3.63) is 14.9 Å². The zero-order chi connectivity index (χ0) is 0. The molecule has 0 spiro atoms. The first kappa shape index (κ1) is 56.3. The van der Waals surface area contributed by atoms with Crippen LogP contribution in [0.2, 0.25) is 0 Å². The van der Waals surface area contributed by atoms with Crippen LogP contribution in [0.15, 0.2) is 0 Å². The second-order valence-electron chi connectivity index (χ2n) is 0. The minimum atomic E-state index is 0. The van der Waals surface area contributed by atoms with Gasteiger partial charge in [-0.2, -0.15) is 0 Å². The third-order valence-electron chi connectivity index (χ3n) is 0. The first-order chi connectivity index (χ1) is 0. The molecule has 0 unspecified atom stereocenters. The molecule has 0 saturated carbocycles. The second kappa shape index (κ2) is 39.2. The SMILES string of the molecule is [CH3-].[CH3-].[H-].[Na+].[Na+].[Nb].[Nb]. The quantitative estimate of drug-likeness (QED) is 0.303. The Bertz CT molecular complexity index is 13.7. The van der Waals surface area contributed by atoms with Gasteiger partial charge in [-0.1, -0.05) is 0 Å². The number of rotatable bonds is 0. The van der Waals surface area contributed by atoms with Gasteiger partial charge >= 0.3 is 59.1 Å². The maximum Gasteiger partial charge on any atom is 1.00 e. The molecule has 2 radical (unpaired) electrons. The fourth-order valence-corrected chi connectivity index (χ4v) is 0. The summed E-state index contributed by atoms with van der Waals surface area (Å²) in [6.45, 7) is 0. The van der Waals surface area contributed by atoms with Gasteiger partial charge in [0.25, 0.3) is 0 Å². The molecular weight excluding hydrogens is 256 g/mol. The topological polar surface area (TPSA) is 0 Å². The molecule has 4 heteroatoms. The predicted molar refractivity (Wildman–Crippen MR) is 13.9 cm³/mol. The van der Waals surface area contributed by atoms with E-state index in [1.807, 2.05) is 0 Å². The average Bonchev–Trinajstić information content (AvgIpc) is 0. The Morgan fingerprint density at radius 2 is 0.667 bits per heavy atom. The molecule has 0 heterocycles. The van der Waals surface area contributed by atoms with E-state index >= 15 is 0 Å². The number of hydrogen-bond acceptors (Lipinski definition) is 0. The summed E-state index contributed by atoms with van der Waals surface area (Å²) >= 11 is 0. The van der Waals surface area contributed by atoms with E-state index in [0.29, 0.717) is 0 Å². The van der Waals surface area contributed by atoms with Gasteiger partial charge in [0.1, 0.15) is 0 Å². The van der Waals surface area contributed by atoms with E-state index < -0.39 is 0 Å². The minimum Gasteiger partial charge on any atom is -1.00 e. The van der Waals surface area contributed by atoms with Crippen LogP contribution < -0.4 is 59.1 Å². The Kier molecular flexibility index (Phi) is 367. The van der Waals surface area contributed by atoms with Crippen LogP contribution >= 0.6 is 0 Å². The van der Waals surface area contributed by atoms with E-state index in [1.165, 1.54) is 0 Å². The van der Waals surface area contributed by atoms with Gasteiger partial charge in [-0.3, -0.25) is 0 Å². The third-order valence-corrected chi connectivity index (χ3v) is 0. The fourth-order valence-electron chi connectivity index (χ4n) is 0. The van der Waals surface area contributed by atoms with Gasteiger partial charge in [0.15, 0.2) is 0 Å². The maximum atomic E-state index is 0. The van der Waals surface area contributed by atoms with Crippen molar-refractivity contribution in [2.45, 2.75) is 0 Å². The molecule has 6 heavy (non-hydrogen) atoms. The van der Waals surface area contributed by atoms with Gasteiger partial charge in [0.05, 0.1) is 0 Å². The molecular formula is C2H7Na2Nb2-. The third kappa shape index (κ3) is 25.9. The van der Waals surface area contributed by atoms with E-state index in [4.69, 9.17) is 0 Å². The first-order valence-corrected chi connectivity index (χ1v) is 0. The molecule has 0 rings (SSSR count). The summed E-state index contributed by atoms with van der Waals surface area (Å²) in [6, 6.07) is 0. The van der Waals surface area contributed by atoms with Crippen LogP contribution in [0.1, 0.15) is 1.43 Å². The van der Waals surface area contributed by atoms with Crippen molar-refractivity contribution < 1.29 is 105 Å². The van der Waals surface area contributed by atoms with E-state index in [0.717, 1.165) is 0 Å². The molecule has 0 saturated heterocycles. The molecule has 0 fully saturated rings. The largest absolute Gasteiger partial charge is 1.00 e. The molecule has 0 nitrogen and oxygen atoms in total. The van der Waals surface area contributed by atoms with Crippen LogP contribution in [-0.4, -0.2) is 0 Å². The van der Waals surface area contributed by atoms with E-state index in [1.54, 1.807) is 0 Å². The summed E-state index contributed by atoms with van der Waals surface area (Å²) in [6.07, 6.45) is 0. The van der Waals surface area contributed by atoms with Crippen molar-refractivity contribution in [2.24, 2.45) is 0 Å². The van der Waals surface area contributed by atoms with Crippen molar-refractivity contribution in [3.63, 3.8) is 0 Å². The van der Waals surface area contributed by atoms with Crippen molar-refractivity contribution in [3.8, 4) is 0 Å². The summed E-state index contributed by atoms with van der Waals surface area (Å²) < 4.78 is 0. The van der Waals surface area contributed by atoms with E-state index in [-0.39, 0.29) is 120 Å². The second-order valence-corrected chi connectivity index (χ2v) is 0. The van der Waals surface area contributed by atoms with Gasteiger partial charge in [0, 0.05) is 44.8 Å². The molecule has 0 atom stereocenters. The molecule has 0 aliphatic heterocycles. The predicted octanol–water partition coefficient (Wildman–Crippen LogP) is -4.98. The van der Waals surface area contributed by atoms with Crippen LogP contribution in [0.25, 0.3) is 0 Å². The van der Waals surface area contributed by atoms with Crippen molar-refractivity contribution >= 4 is 0 Å². The standard InChI is InChI=1S/2CH3.2Na.2Nb.H/h2*1H3;;;;;/q2*-1;2*+1;;;-1. The zero-order valence-corrected chi connectivity index (χ0v) is 13.3. The molecule has 0 amide bonds. The van der Waals surface area contributed by atoms with Crippen LogP contribution in [0.5, 0.6) is 0 Å². The summed E-state index contributed by atoms with van der Waals surface area (Å²) in [5.41, 5.74) is 0. The molecule has 0 N–H and O–H groups in total. The van der Waals surface area contributed by atoms with Gasteiger partial charge in [-0.25, -0.2) is 0 Å². The Morgan fingerprint density at radius 3 is 0.667 bits per heavy atom. The normalized spacial score (nSPS) is 0. The smallest absolute Gasteiger partial charge is 1.00 e. The molecule has 0 aliphatic rings. The van der Waals surface area contributed by atoms with Gasteiger partial charge in [-0.15, -0.1) is 0 Å². The molecule has 0 bridgehead atoms. The Balaban J connectivity index is 0. The fraction of sp³-hybridized carbons (Fsp3) is 0. The van der Waals surface area contributed by atoms with Crippen molar-refractivity contribution in [1.82, 2.24) is 0 Å². The minimum absolute atomic E-state index is 0. The van der Waals surface area contributed by atoms with E-state index in [2.05, 4.69) is 0 Å². The molecule has 0 aromatic carbocycles. The van der Waals surface area contributed by atoms with Crippen molar-refractivity contribution in [2.75, 3.05) is 0 Å². The zero-order valence-electron chi connectivity index (χ0n) is 5.89. The van der Waals surface area contributed by atoms with Crippen LogP contribution in [0, 0.1) is 14.9 Å². The van der Waals surface area contributed by atoms with Crippen LogP contribution in [0.4, 0.5) is 0 Å². The summed E-state index contributed by atoms with van der Waals surface area (Å²) in [5, 5.41) is 0. The average molecular weight is 263 g/mol. The molecule has 0 aromatic rings.